The van der Waals surface area contributed by atoms with Gasteiger partial charge in [0, 0.05) is 43.9 Å². The monoisotopic (exact) mass is 435 g/mol. The number of methoxy groups -OCH3 is 1. The number of carboxylic acids is 1. The van der Waals surface area contributed by atoms with E-state index < -0.39 is 5.97 Å². The fourth-order valence-electron chi connectivity index (χ4n) is 3.56. The van der Waals surface area contributed by atoms with Crippen LogP contribution >= 0.6 is 0 Å². The van der Waals surface area contributed by atoms with Crippen LogP contribution in [0.1, 0.15) is 23.5 Å². The van der Waals surface area contributed by atoms with Gasteiger partial charge in [0.05, 0.1) is 19.7 Å². The minimum Gasteiger partial charge on any atom is -0.497 e. The predicted molar refractivity (Wildman–Crippen MR) is 124 cm³/mol. The Morgan fingerprint density at radius 3 is 2.59 bits per heavy atom. The van der Waals surface area contributed by atoms with E-state index in [4.69, 9.17) is 15.1 Å². The smallest absolute Gasteiger partial charge is 0.317 e. The van der Waals surface area contributed by atoms with Crippen LogP contribution in [0, 0.1) is 11.3 Å². The summed E-state index contributed by atoms with van der Waals surface area (Å²) >= 11 is 0. The van der Waals surface area contributed by atoms with E-state index in [1.165, 1.54) is 5.56 Å². The summed E-state index contributed by atoms with van der Waals surface area (Å²) in [5.74, 6) is 0.183. The van der Waals surface area contributed by atoms with Crippen molar-refractivity contribution >= 4 is 17.9 Å². The summed E-state index contributed by atoms with van der Waals surface area (Å²) < 4.78 is 5.21. The van der Waals surface area contributed by atoms with E-state index in [0.717, 1.165) is 30.0 Å². The lowest BCUT2D eigenvalue weighted by Crippen LogP contribution is -2.41. The Morgan fingerprint density at radius 1 is 1.25 bits per heavy atom. The van der Waals surface area contributed by atoms with Gasteiger partial charge in [-0.15, -0.1) is 0 Å². The number of nitrogens with zero attached hydrogens (tertiary/aromatic N) is 3. The molecule has 0 saturated heterocycles. The first kappa shape index (κ1) is 23.3. The van der Waals surface area contributed by atoms with Crippen molar-refractivity contribution in [3.05, 3.63) is 59.7 Å². The van der Waals surface area contributed by atoms with Gasteiger partial charge in [0.2, 0.25) is 0 Å². The molecule has 3 rings (SSSR count). The maximum atomic E-state index is 11.0. The Bertz CT molecular complexity index is 938. The van der Waals surface area contributed by atoms with E-state index >= 15 is 0 Å². The van der Waals surface area contributed by atoms with Crippen LogP contribution in [0.25, 0.3) is 0 Å². The third-order valence-electron chi connectivity index (χ3n) is 5.36. The van der Waals surface area contributed by atoms with Crippen molar-refractivity contribution in [1.82, 2.24) is 10.2 Å². The quantitative estimate of drug-likeness (QED) is 0.498. The topological polar surface area (TPSA) is 110 Å². The summed E-state index contributed by atoms with van der Waals surface area (Å²) in [6.07, 6.45) is 2.84. The third-order valence-corrected chi connectivity index (χ3v) is 5.36. The summed E-state index contributed by atoms with van der Waals surface area (Å²) in [7, 11) is 1.66. The molecule has 1 aliphatic rings. The Hall–Kier alpha value is -3.41. The second kappa shape index (κ2) is 11.8. The molecule has 2 aromatic rings. The molecule has 1 heterocycles. The van der Waals surface area contributed by atoms with Gasteiger partial charge >= 0.3 is 5.97 Å². The summed E-state index contributed by atoms with van der Waals surface area (Å²) in [6.45, 7) is 1.80. The van der Waals surface area contributed by atoms with Crippen molar-refractivity contribution in [2.45, 2.75) is 25.0 Å². The first-order valence-electron chi connectivity index (χ1n) is 10.6. The third kappa shape index (κ3) is 7.08. The standard InChI is InChI=1S/C24H29N5O3/c1-32-22-9-5-19(6-10-22)20-15-26-24(27-16-20)28-21-7-3-18(4-8-21)11-14-29(13-2-12-25)17-23(30)31/h3-10,15,20,24,27-28H,2,11,13-14,16-17H2,1H3,(H,30,31). The maximum Gasteiger partial charge on any atom is 0.317 e. The molecule has 0 aromatic heterocycles. The number of carboxylic acid groups (broad SMARTS) is 1. The molecule has 0 radical (unpaired) electrons. The van der Waals surface area contributed by atoms with Gasteiger partial charge in [0.25, 0.3) is 0 Å². The van der Waals surface area contributed by atoms with E-state index in [1.807, 2.05) is 42.6 Å². The molecule has 168 valence electrons. The number of nitrogens with one attached hydrogen (secondary N) is 2. The van der Waals surface area contributed by atoms with Gasteiger partial charge < -0.3 is 15.2 Å². The summed E-state index contributed by atoms with van der Waals surface area (Å²) in [4.78, 5) is 17.4. The molecule has 32 heavy (non-hydrogen) atoms. The molecule has 0 saturated carbocycles. The zero-order valence-electron chi connectivity index (χ0n) is 18.2. The summed E-state index contributed by atoms with van der Waals surface area (Å²) in [5.41, 5.74) is 3.26. The largest absolute Gasteiger partial charge is 0.497 e. The highest BCUT2D eigenvalue weighted by molar-refractivity contribution is 5.70. The molecule has 8 nitrogen and oxygen atoms in total. The molecule has 8 heteroatoms. The van der Waals surface area contributed by atoms with Gasteiger partial charge in [-0.3, -0.25) is 20.0 Å². The molecule has 3 N–H and O–H groups in total. The van der Waals surface area contributed by atoms with Crippen LogP contribution in [0.15, 0.2) is 53.5 Å². The van der Waals surface area contributed by atoms with Crippen molar-refractivity contribution in [1.29, 1.82) is 5.26 Å². The lowest BCUT2D eigenvalue weighted by Gasteiger charge is -2.25. The van der Waals surface area contributed by atoms with E-state index in [9.17, 15) is 4.79 Å². The van der Waals surface area contributed by atoms with Gasteiger partial charge in [-0.25, -0.2) is 0 Å². The highest BCUT2D eigenvalue weighted by Crippen LogP contribution is 2.20. The number of anilines is 1. The van der Waals surface area contributed by atoms with E-state index in [0.29, 0.717) is 19.5 Å². The molecular weight excluding hydrogens is 406 g/mol. The van der Waals surface area contributed by atoms with E-state index in [2.05, 4.69) is 33.8 Å². The molecule has 0 spiro atoms. The van der Waals surface area contributed by atoms with Gasteiger partial charge in [-0.05, 0) is 41.8 Å². The van der Waals surface area contributed by atoms with Crippen LogP contribution in [-0.2, 0) is 11.2 Å². The highest BCUT2D eigenvalue weighted by Gasteiger charge is 2.17. The van der Waals surface area contributed by atoms with Crippen molar-refractivity contribution in [2.24, 2.45) is 4.99 Å². The molecule has 2 unspecified atom stereocenters. The average Bonchev–Trinajstić information content (AvgIpc) is 2.82. The van der Waals surface area contributed by atoms with Crippen molar-refractivity contribution in [3.8, 4) is 11.8 Å². The SMILES string of the molecule is COc1ccc(C2C=NC(Nc3ccc(CCN(CCC#N)CC(=O)O)cc3)NC2)cc1. The summed E-state index contributed by atoms with van der Waals surface area (Å²) in [6, 6.07) is 18.1. The number of carbonyl (C=O) groups is 1. The van der Waals surface area contributed by atoms with Gasteiger partial charge in [-0.2, -0.15) is 5.26 Å². The van der Waals surface area contributed by atoms with E-state index in [-0.39, 0.29) is 18.8 Å². The number of rotatable bonds is 11. The molecular formula is C24H29N5O3. The van der Waals surface area contributed by atoms with Crippen LogP contribution in [0.2, 0.25) is 0 Å². The van der Waals surface area contributed by atoms with Crippen molar-refractivity contribution in [2.75, 3.05) is 38.6 Å². The minimum atomic E-state index is -0.878. The van der Waals surface area contributed by atoms with Gasteiger partial charge in [-0.1, -0.05) is 24.3 Å². The second-order valence-corrected chi connectivity index (χ2v) is 7.66. The lowest BCUT2D eigenvalue weighted by atomic mass is 9.99. The van der Waals surface area contributed by atoms with Gasteiger partial charge in [0.15, 0.2) is 6.29 Å². The second-order valence-electron chi connectivity index (χ2n) is 7.66. The van der Waals surface area contributed by atoms with Crippen molar-refractivity contribution < 1.29 is 14.6 Å². The zero-order valence-corrected chi connectivity index (χ0v) is 18.2. The fraction of sp³-hybridized carbons (Fsp3) is 0.375. The number of ether oxygens (including phenoxy) is 1. The Morgan fingerprint density at radius 2 is 2.00 bits per heavy atom. The molecule has 0 amide bonds. The molecule has 0 bridgehead atoms. The Balaban J connectivity index is 1.49. The predicted octanol–water partition coefficient (Wildman–Crippen LogP) is 2.69. The van der Waals surface area contributed by atoms with Gasteiger partial charge in [0.1, 0.15) is 5.75 Å². The number of hydrogen-bond donors (Lipinski definition) is 3. The molecule has 2 atom stereocenters. The van der Waals surface area contributed by atoms with Crippen molar-refractivity contribution in [3.63, 3.8) is 0 Å². The van der Waals surface area contributed by atoms with Crippen LogP contribution in [-0.4, -0.2) is 61.8 Å². The number of aliphatic carboxylic acids is 1. The zero-order chi connectivity index (χ0) is 22.8. The maximum absolute atomic E-state index is 11.0. The van der Waals surface area contributed by atoms with E-state index in [1.54, 1.807) is 12.0 Å². The Kier molecular flexibility index (Phi) is 8.61. The first-order valence-corrected chi connectivity index (χ1v) is 10.6. The molecule has 0 fully saturated rings. The lowest BCUT2D eigenvalue weighted by molar-refractivity contribution is -0.138. The number of aliphatic imine (C=N–C) groups is 1. The average molecular weight is 436 g/mol. The molecule has 2 aromatic carbocycles. The minimum absolute atomic E-state index is 0.0514. The highest BCUT2D eigenvalue weighted by atomic mass is 16.5. The van der Waals surface area contributed by atoms with Crippen LogP contribution in [0.3, 0.4) is 0 Å². The number of benzene rings is 2. The molecule has 1 aliphatic heterocycles. The molecule has 0 aliphatic carbocycles. The van der Waals surface area contributed by atoms with Crippen LogP contribution in [0.5, 0.6) is 5.75 Å². The Labute approximate surface area is 188 Å². The fourth-order valence-corrected chi connectivity index (χ4v) is 3.56. The first-order chi connectivity index (χ1) is 15.6. The van der Waals surface area contributed by atoms with Crippen LogP contribution in [0.4, 0.5) is 5.69 Å². The number of nitriles is 1. The number of hydrogen-bond acceptors (Lipinski definition) is 7. The normalized spacial score (nSPS) is 17.7. The summed E-state index contributed by atoms with van der Waals surface area (Å²) in [5, 5.41) is 24.5. The van der Waals surface area contributed by atoms with Crippen LogP contribution < -0.4 is 15.4 Å².